The fourth-order valence-electron chi connectivity index (χ4n) is 3.82. The standard InChI is InChI=1S/C22H27N3O3/c1-4-5-8-23-22(27)18-6-9-25(10-7-18)14-17-11-19(13-20(26)12-17)21-15(2)24-28-16(21)3/h1,11-13,18,26H,5-10,14H2,2-3H3,(H,23,27). The molecule has 0 saturated carbocycles. The lowest BCUT2D eigenvalue weighted by Gasteiger charge is -2.31. The molecule has 28 heavy (non-hydrogen) atoms. The number of benzene rings is 1. The minimum atomic E-state index is 0.0519. The van der Waals surface area contributed by atoms with Gasteiger partial charge in [0.05, 0.1) is 5.69 Å². The third kappa shape index (κ3) is 4.73. The SMILES string of the molecule is C#CCCNC(=O)C1CCN(Cc2cc(O)cc(-c3c(C)noc3C)c2)CC1. The highest BCUT2D eigenvalue weighted by Crippen LogP contribution is 2.31. The van der Waals surface area contributed by atoms with Crippen LogP contribution in [0.2, 0.25) is 0 Å². The molecule has 2 N–H and O–H groups in total. The number of aromatic nitrogens is 1. The fourth-order valence-corrected chi connectivity index (χ4v) is 3.82. The Hall–Kier alpha value is -2.78. The number of nitrogens with zero attached hydrogens (tertiary/aromatic N) is 2. The molecule has 2 aromatic rings. The number of carbonyl (C=O) groups excluding carboxylic acids is 1. The fraction of sp³-hybridized carbons (Fsp3) is 0.455. The lowest BCUT2D eigenvalue weighted by molar-refractivity contribution is -0.126. The summed E-state index contributed by atoms with van der Waals surface area (Å²) in [6.07, 6.45) is 7.45. The Balaban J connectivity index is 1.61. The number of terminal acetylenes is 1. The Morgan fingerprint density at radius 2 is 2.11 bits per heavy atom. The Morgan fingerprint density at radius 3 is 2.75 bits per heavy atom. The van der Waals surface area contributed by atoms with Gasteiger partial charge in [-0.3, -0.25) is 9.69 Å². The molecule has 0 unspecified atom stereocenters. The molecule has 1 saturated heterocycles. The first-order valence-corrected chi connectivity index (χ1v) is 9.67. The quantitative estimate of drug-likeness (QED) is 0.594. The van der Waals surface area contributed by atoms with Gasteiger partial charge in [-0.1, -0.05) is 5.16 Å². The Morgan fingerprint density at radius 1 is 1.36 bits per heavy atom. The molecule has 0 aliphatic carbocycles. The molecule has 0 spiro atoms. The molecule has 6 nitrogen and oxygen atoms in total. The van der Waals surface area contributed by atoms with Gasteiger partial charge in [0.2, 0.25) is 5.91 Å². The van der Waals surface area contributed by atoms with E-state index in [9.17, 15) is 9.90 Å². The topological polar surface area (TPSA) is 78.6 Å². The number of piperidine rings is 1. The molecule has 6 heteroatoms. The Labute approximate surface area is 165 Å². The summed E-state index contributed by atoms with van der Waals surface area (Å²) in [6, 6.07) is 5.61. The van der Waals surface area contributed by atoms with Crippen LogP contribution in [0, 0.1) is 32.1 Å². The van der Waals surface area contributed by atoms with Crippen molar-refractivity contribution in [1.29, 1.82) is 0 Å². The highest BCUT2D eigenvalue weighted by Gasteiger charge is 2.25. The van der Waals surface area contributed by atoms with Crippen LogP contribution in [0.15, 0.2) is 22.7 Å². The molecule has 0 atom stereocenters. The van der Waals surface area contributed by atoms with E-state index in [4.69, 9.17) is 10.9 Å². The van der Waals surface area contributed by atoms with Crippen molar-refractivity contribution >= 4 is 5.91 Å². The van der Waals surface area contributed by atoms with Crippen LogP contribution in [0.1, 0.15) is 36.3 Å². The number of likely N-dealkylation sites (tertiary alicyclic amines) is 1. The number of rotatable bonds is 6. The molecule has 2 heterocycles. The van der Waals surface area contributed by atoms with Gasteiger partial charge in [0.1, 0.15) is 11.5 Å². The van der Waals surface area contributed by atoms with E-state index in [0.717, 1.165) is 60.6 Å². The summed E-state index contributed by atoms with van der Waals surface area (Å²) in [5, 5.41) is 17.1. The van der Waals surface area contributed by atoms with Crippen molar-refractivity contribution in [3.05, 3.63) is 35.2 Å². The summed E-state index contributed by atoms with van der Waals surface area (Å²) in [5.41, 5.74) is 3.69. The highest BCUT2D eigenvalue weighted by atomic mass is 16.5. The molecular formula is C22H27N3O3. The van der Waals surface area contributed by atoms with E-state index < -0.39 is 0 Å². The zero-order valence-electron chi connectivity index (χ0n) is 16.5. The zero-order chi connectivity index (χ0) is 20.1. The summed E-state index contributed by atoms with van der Waals surface area (Å²) in [4.78, 5) is 14.5. The monoisotopic (exact) mass is 381 g/mol. The van der Waals surface area contributed by atoms with E-state index in [-0.39, 0.29) is 17.6 Å². The molecule has 1 aromatic carbocycles. The van der Waals surface area contributed by atoms with Crippen molar-refractivity contribution in [1.82, 2.24) is 15.4 Å². The van der Waals surface area contributed by atoms with Crippen molar-refractivity contribution < 1.29 is 14.4 Å². The second-order valence-electron chi connectivity index (χ2n) is 7.38. The normalized spacial score (nSPS) is 15.3. The van der Waals surface area contributed by atoms with Crippen molar-refractivity contribution in [2.45, 2.75) is 39.7 Å². The van der Waals surface area contributed by atoms with Crippen LogP contribution in [0.5, 0.6) is 5.75 Å². The molecule has 148 valence electrons. The number of phenols is 1. The molecule has 3 rings (SSSR count). The summed E-state index contributed by atoms with van der Waals surface area (Å²) in [5.74, 6) is 3.66. The third-order valence-electron chi connectivity index (χ3n) is 5.23. The summed E-state index contributed by atoms with van der Waals surface area (Å²) < 4.78 is 5.26. The van der Waals surface area contributed by atoms with Gasteiger partial charge >= 0.3 is 0 Å². The number of carbonyl (C=O) groups is 1. The van der Waals surface area contributed by atoms with Gasteiger partial charge in [0.25, 0.3) is 0 Å². The van der Waals surface area contributed by atoms with Gasteiger partial charge in [-0.25, -0.2) is 0 Å². The maximum absolute atomic E-state index is 12.2. The third-order valence-corrected chi connectivity index (χ3v) is 5.23. The minimum Gasteiger partial charge on any atom is -0.508 e. The first kappa shape index (κ1) is 20.0. The van der Waals surface area contributed by atoms with Crippen LogP contribution in [0.4, 0.5) is 0 Å². The summed E-state index contributed by atoms with van der Waals surface area (Å²) in [7, 11) is 0. The number of aryl methyl sites for hydroxylation is 2. The predicted octanol–water partition coefficient (Wildman–Crippen LogP) is 3.02. The maximum Gasteiger partial charge on any atom is 0.223 e. The summed E-state index contributed by atoms with van der Waals surface area (Å²) >= 11 is 0. The number of phenolic OH excluding ortho intramolecular Hbond substituents is 1. The van der Waals surface area contributed by atoms with Crippen LogP contribution >= 0.6 is 0 Å². The Kier molecular flexibility index (Phi) is 6.37. The van der Waals surface area contributed by atoms with Crippen molar-refractivity contribution in [3.63, 3.8) is 0 Å². The maximum atomic E-state index is 12.2. The van der Waals surface area contributed by atoms with Crippen molar-refractivity contribution in [3.8, 4) is 29.2 Å². The Bertz CT molecular complexity index is 854. The van der Waals surface area contributed by atoms with Crippen LogP contribution in [0.3, 0.4) is 0 Å². The van der Waals surface area contributed by atoms with Crippen LogP contribution < -0.4 is 5.32 Å². The smallest absolute Gasteiger partial charge is 0.223 e. The largest absolute Gasteiger partial charge is 0.508 e. The van der Waals surface area contributed by atoms with E-state index in [1.165, 1.54) is 0 Å². The van der Waals surface area contributed by atoms with E-state index >= 15 is 0 Å². The predicted molar refractivity (Wildman–Crippen MR) is 108 cm³/mol. The van der Waals surface area contributed by atoms with E-state index in [0.29, 0.717) is 13.0 Å². The van der Waals surface area contributed by atoms with E-state index in [2.05, 4.69) is 27.4 Å². The molecule has 0 bridgehead atoms. The van der Waals surface area contributed by atoms with Gasteiger partial charge in [-0.05, 0) is 69.1 Å². The second kappa shape index (κ2) is 8.94. The number of hydrogen-bond donors (Lipinski definition) is 2. The summed E-state index contributed by atoms with van der Waals surface area (Å²) in [6.45, 7) is 6.75. The number of amides is 1. The van der Waals surface area contributed by atoms with Crippen LogP contribution in [0.25, 0.3) is 11.1 Å². The molecule has 1 fully saturated rings. The number of nitrogens with one attached hydrogen (secondary N) is 1. The van der Waals surface area contributed by atoms with Gasteiger partial charge in [0.15, 0.2) is 0 Å². The van der Waals surface area contributed by atoms with Gasteiger partial charge in [-0.2, -0.15) is 0 Å². The van der Waals surface area contributed by atoms with Gasteiger partial charge in [-0.15, -0.1) is 12.3 Å². The second-order valence-corrected chi connectivity index (χ2v) is 7.38. The molecular weight excluding hydrogens is 354 g/mol. The van der Waals surface area contributed by atoms with Gasteiger partial charge in [0, 0.05) is 31.0 Å². The number of aromatic hydroxyl groups is 1. The molecule has 1 amide bonds. The zero-order valence-corrected chi connectivity index (χ0v) is 16.5. The average molecular weight is 381 g/mol. The number of hydrogen-bond acceptors (Lipinski definition) is 5. The highest BCUT2D eigenvalue weighted by molar-refractivity contribution is 5.78. The molecule has 1 aliphatic heterocycles. The molecule has 1 aliphatic rings. The van der Waals surface area contributed by atoms with Crippen LogP contribution in [-0.2, 0) is 11.3 Å². The van der Waals surface area contributed by atoms with Crippen LogP contribution in [-0.4, -0.2) is 40.7 Å². The first-order valence-electron chi connectivity index (χ1n) is 9.67. The minimum absolute atomic E-state index is 0.0519. The van der Waals surface area contributed by atoms with Gasteiger partial charge < -0.3 is 14.9 Å². The first-order chi connectivity index (χ1) is 13.5. The lowest BCUT2D eigenvalue weighted by atomic mass is 9.95. The van der Waals surface area contributed by atoms with E-state index in [1.807, 2.05) is 13.8 Å². The molecule has 1 aromatic heterocycles. The molecule has 0 radical (unpaired) electrons. The van der Waals surface area contributed by atoms with Crippen molar-refractivity contribution in [2.24, 2.45) is 5.92 Å². The average Bonchev–Trinajstić information content (AvgIpc) is 3.00. The van der Waals surface area contributed by atoms with E-state index in [1.54, 1.807) is 12.1 Å². The lowest BCUT2D eigenvalue weighted by Crippen LogP contribution is -2.40. The van der Waals surface area contributed by atoms with Crippen molar-refractivity contribution in [2.75, 3.05) is 19.6 Å².